The molecule has 1 aromatic heterocycles. The summed E-state index contributed by atoms with van der Waals surface area (Å²) in [6, 6.07) is 10.9. The number of rotatable bonds is 7. The van der Waals surface area contributed by atoms with Crippen molar-refractivity contribution >= 4 is 12.6 Å². The fraction of sp³-hybridized carbons (Fsp3) is 0.375. The van der Waals surface area contributed by atoms with Crippen molar-refractivity contribution < 1.29 is 18.0 Å². The molecule has 0 spiro atoms. The van der Waals surface area contributed by atoms with Crippen molar-refractivity contribution in [2.75, 3.05) is 13.1 Å². The Bertz CT molecular complexity index is 1030. The standard InChI is InChI=1S/C24H28F3N5O/c1-17-8-7-15-31(21(17)16-29-22(28-3)12-11-18(2)24(25,26)27)23(33)20-13-14-30-32(20)19-9-5-4-6-10-19/h4-6,9-14,17,21,29H,3,7-8,15-16H2,1-2H3/b18-11+,22-12+/t17-,21-/m1/s1. The van der Waals surface area contributed by atoms with Crippen molar-refractivity contribution in [2.45, 2.75) is 38.9 Å². The van der Waals surface area contributed by atoms with Gasteiger partial charge in [-0.1, -0.05) is 31.2 Å². The maximum atomic E-state index is 13.5. The number of hydrogen-bond donors (Lipinski definition) is 1. The van der Waals surface area contributed by atoms with Crippen LogP contribution >= 0.6 is 0 Å². The highest BCUT2D eigenvalue weighted by Gasteiger charge is 2.34. The maximum Gasteiger partial charge on any atom is 0.412 e. The van der Waals surface area contributed by atoms with Crippen LogP contribution in [0.1, 0.15) is 37.2 Å². The number of nitrogens with zero attached hydrogens (tertiary/aromatic N) is 4. The van der Waals surface area contributed by atoms with E-state index in [1.54, 1.807) is 16.9 Å². The van der Waals surface area contributed by atoms with Crippen LogP contribution in [-0.4, -0.2) is 52.6 Å². The van der Waals surface area contributed by atoms with E-state index in [0.29, 0.717) is 18.8 Å². The first-order valence-electron chi connectivity index (χ1n) is 10.8. The van der Waals surface area contributed by atoms with Gasteiger partial charge in [-0.3, -0.25) is 4.79 Å². The van der Waals surface area contributed by atoms with Crippen LogP contribution in [0.2, 0.25) is 0 Å². The highest BCUT2D eigenvalue weighted by Crippen LogP contribution is 2.26. The van der Waals surface area contributed by atoms with Crippen LogP contribution < -0.4 is 5.32 Å². The quantitative estimate of drug-likeness (QED) is 0.480. The van der Waals surface area contributed by atoms with Gasteiger partial charge in [-0.2, -0.15) is 18.3 Å². The highest BCUT2D eigenvalue weighted by molar-refractivity contribution is 5.93. The summed E-state index contributed by atoms with van der Waals surface area (Å²) < 4.78 is 39.9. The molecule has 1 N–H and O–H groups in total. The van der Waals surface area contributed by atoms with E-state index in [-0.39, 0.29) is 23.7 Å². The molecule has 1 aliphatic heterocycles. The van der Waals surface area contributed by atoms with Crippen molar-refractivity contribution in [1.82, 2.24) is 20.0 Å². The average Bonchev–Trinajstić information content (AvgIpc) is 3.29. The zero-order valence-electron chi connectivity index (χ0n) is 18.7. The lowest BCUT2D eigenvalue weighted by Crippen LogP contribution is -2.52. The molecule has 0 radical (unpaired) electrons. The van der Waals surface area contributed by atoms with Crippen molar-refractivity contribution in [3.8, 4) is 5.69 Å². The number of carbonyl (C=O) groups excluding carboxylic acids is 1. The minimum Gasteiger partial charge on any atom is -0.368 e. The molecule has 2 atom stereocenters. The minimum absolute atomic E-state index is 0.139. The number of benzene rings is 1. The molecular formula is C24H28F3N5O. The van der Waals surface area contributed by atoms with E-state index in [2.05, 4.69) is 29.0 Å². The van der Waals surface area contributed by atoms with Crippen molar-refractivity contribution in [2.24, 2.45) is 10.9 Å². The zero-order valence-corrected chi connectivity index (χ0v) is 18.7. The molecule has 2 aromatic rings. The largest absolute Gasteiger partial charge is 0.412 e. The Morgan fingerprint density at radius 2 is 2.00 bits per heavy atom. The average molecular weight is 460 g/mol. The second kappa shape index (κ2) is 10.5. The third kappa shape index (κ3) is 5.91. The first kappa shape index (κ1) is 24.3. The second-order valence-corrected chi connectivity index (χ2v) is 8.09. The second-order valence-electron chi connectivity index (χ2n) is 8.09. The lowest BCUT2D eigenvalue weighted by molar-refractivity contribution is -0.0913. The lowest BCUT2D eigenvalue weighted by Gasteiger charge is -2.40. The summed E-state index contributed by atoms with van der Waals surface area (Å²) in [5, 5.41) is 7.37. The number of alkyl halides is 3. The minimum atomic E-state index is -4.40. The van der Waals surface area contributed by atoms with E-state index in [9.17, 15) is 18.0 Å². The zero-order chi connectivity index (χ0) is 24.0. The Labute approximate surface area is 191 Å². The monoisotopic (exact) mass is 459 g/mol. The van der Waals surface area contributed by atoms with Crippen molar-refractivity contribution in [3.63, 3.8) is 0 Å². The fourth-order valence-electron chi connectivity index (χ4n) is 3.87. The predicted molar refractivity (Wildman–Crippen MR) is 122 cm³/mol. The Morgan fingerprint density at radius 3 is 2.67 bits per heavy atom. The number of amides is 1. The van der Waals surface area contributed by atoms with E-state index in [0.717, 1.165) is 31.5 Å². The van der Waals surface area contributed by atoms with Gasteiger partial charge >= 0.3 is 6.18 Å². The van der Waals surface area contributed by atoms with Gasteiger partial charge in [0.1, 0.15) is 11.5 Å². The number of aromatic nitrogens is 2. The first-order valence-corrected chi connectivity index (χ1v) is 10.8. The number of carbonyl (C=O) groups is 1. The summed E-state index contributed by atoms with van der Waals surface area (Å²) in [4.78, 5) is 19.1. The van der Waals surface area contributed by atoms with Gasteiger partial charge in [0.25, 0.3) is 5.91 Å². The number of nitrogens with one attached hydrogen (secondary N) is 1. The molecule has 0 bridgehead atoms. The SMILES string of the molecule is C=N/C(=C\C=C(/C)C(F)(F)F)NC[C@@H]1[C@H](C)CCCN1C(=O)c1ccnn1-c1ccccc1. The van der Waals surface area contributed by atoms with Crippen LogP contribution in [0.5, 0.6) is 0 Å². The van der Waals surface area contributed by atoms with Crippen LogP contribution in [0.3, 0.4) is 0 Å². The molecule has 1 amide bonds. The van der Waals surface area contributed by atoms with Gasteiger partial charge in [0, 0.05) is 18.7 Å². The Hall–Kier alpha value is -3.36. The predicted octanol–water partition coefficient (Wildman–Crippen LogP) is 4.75. The first-order chi connectivity index (χ1) is 15.7. The molecule has 1 aromatic carbocycles. The van der Waals surface area contributed by atoms with Crippen LogP contribution in [0.4, 0.5) is 13.2 Å². The number of aliphatic imine (C=N–C) groups is 1. The number of allylic oxidation sites excluding steroid dienone is 3. The van der Waals surface area contributed by atoms with Crippen LogP contribution in [0.15, 0.2) is 71.1 Å². The van der Waals surface area contributed by atoms with Crippen LogP contribution in [-0.2, 0) is 0 Å². The number of hydrogen-bond acceptors (Lipinski definition) is 4. The van der Waals surface area contributed by atoms with E-state index in [4.69, 9.17) is 0 Å². The lowest BCUT2D eigenvalue weighted by atomic mass is 9.90. The van der Waals surface area contributed by atoms with Crippen molar-refractivity contribution in [1.29, 1.82) is 0 Å². The van der Waals surface area contributed by atoms with E-state index < -0.39 is 11.7 Å². The summed E-state index contributed by atoms with van der Waals surface area (Å²) in [6.45, 7) is 7.44. The third-order valence-corrected chi connectivity index (χ3v) is 5.84. The number of para-hydroxylation sites is 1. The van der Waals surface area contributed by atoms with Crippen molar-refractivity contribution in [3.05, 3.63) is 71.8 Å². The maximum absolute atomic E-state index is 13.5. The summed E-state index contributed by atoms with van der Waals surface area (Å²) in [5.41, 5.74) is 0.516. The fourth-order valence-corrected chi connectivity index (χ4v) is 3.87. The summed E-state index contributed by atoms with van der Waals surface area (Å²) in [5.74, 6) is 0.277. The molecule has 1 fully saturated rings. The molecule has 0 unspecified atom stereocenters. The molecule has 9 heteroatoms. The molecule has 1 aliphatic rings. The number of likely N-dealkylation sites (tertiary alicyclic amines) is 1. The van der Waals surface area contributed by atoms with Gasteiger partial charge < -0.3 is 10.2 Å². The molecule has 0 aliphatic carbocycles. The van der Waals surface area contributed by atoms with Gasteiger partial charge in [0.2, 0.25) is 0 Å². The molecule has 1 saturated heterocycles. The number of halogens is 3. The third-order valence-electron chi connectivity index (χ3n) is 5.84. The normalized spacial score (nSPS) is 20.0. The Balaban J connectivity index is 1.79. The Kier molecular flexibility index (Phi) is 7.73. The van der Waals surface area contributed by atoms with Gasteiger partial charge in [0.05, 0.1) is 17.9 Å². The van der Waals surface area contributed by atoms with E-state index in [1.807, 2.05) is 35.2 Å². The molecule has 176 valence electrons. The summed E-state index contributed by atoms with van der Waals surface area (Å²) >= 11 is 0. The molecule has 33 heavy (non-hydrogen) atoms. The topological polar surface area (TPSA) is 62.5 Å². The van der Waals surface area contributed by atoms with E-state index in [1.165, 1.54) is 6.08 Å². The smallest absolute Gasteiger partial charge is 0.368 e. The molecule has 2 heterocycles. The Morgan fingerprint density at radius 1 is 1.27 bits per heavy atom. The number of piperidine rings is 1. The molecule has 0 saturated carbocycles. The summed E-state index contributed by atoms with van der Waals surface area (Å²) in [6.07, 6.45) is 1.23. The molecular weight excluding hydrogens is 431 g/mol. The molecule has 6 nitrogen and oxygen atoms in total. The van der Waals surface area contributed by atoms with Gasteiger partial charge in [-0.05, 0) is 56.7 Å². The van der Waals surface area contributed by atoms with E-state index >= 15 is 0 Å². The van der Waals surface area contributed by atoms with Gasteiger partial charge in [-0.25, -0.2) is 9.67 Å². The molecule has 3 rings (SSSR count). The van der Waals surface area contributed by atoms with Gasteiger partial charge in [-0.15, -0.1) is 0 Å². The van der Waals surface area contributed by atoms with Crippen LogP contribution in [0.25, 0.3) is 5.69 Å². The summed E-state index contributed by atoms with van der Waals surface area (Å²) in [7, 11) is 0. The van der Waals surface area contributed by atoms with Crippen LogP contribution in [0, 0.1) is 5.92 Å². The highest BCUT2D eigenvalue weighted by atomic mass is 19.4. The van der Waals surface area contributed by atoms with Gasteiger partial charge in [0.15, 0.2) is 0 Å².